The van der Waals surface area contributed by atoms with Crippen molar-refractivity contribution in [3.05, 3.63) is 40.2 Å². The number of nitrogens with one attached hydrogen (secondary N) is 2. The Kier molecular flexibility index (Phi) is 5.15. The van der Waals surface area contributed by atoms with Gasteiger partial charge in [0.05, 0.1) is 12.6 Å². The zero-order valence-electron chi connectivity index (χ0n) is 11.9. The van der Waals surface area contributed by atoms with E-state index < -0.39 is 0 Å². The molecule has 1 aromatic heterocycles. The topological polar surface area (TPSA) is 63.3 Å². The molecule has 2 rings (SSSR count). The van der Waals surface area contributed by atoms with Crippen LogP contribution in [0.5, 0.6) is 5.75 Å². The Bertz CT molecular complexity index is 622. The monoisotopic (exact) mass is 276 g/mol. The summed E-state index contributed by atoms with van der Waals surface area (Å²) in [6, 6.07) is 7.38. The Labute approximate surface area is 117 Å². The Morgan fingerprint density at radius 2 is 2.15 bits per heavy atom. The van der Waals surface area contributed by atoms with Crippen LogP contribution in [0.4, 0.5) is 0 Å². The van der Waals surface area contributed by atoms with Gasteiger partial charge in [0.1, 0.15) is 5.75 Å². The van der Waals surface area contributed by atoms with E-state index in [1.807, 2.05) is 18.2 Å². The first-order chi connectivity index (χ1) is 9.76. The number of methoxy groups -OCH3 is 2. The molecule has 0 atom stereocenters. The summed E-state index contributed by atoms with van der Waals surface area (Å²) in [5.74, 6) is 0.681. The zero-order valence-corrected chi connectivity index (χ0v) is 11.9. The van der Waals surface area contributed by atoms with Gasteiger partial charge in [-0.1, -0.05) is 12.1 Å². The summed E-state index contributed by atoms with van der Waals surface area (Å²) in [5.41, 5.74) is 1.60. The van der Waals surface area contributed by atoms with Crippen LogP contribution >= 0.6 is 0 Å². The lowest BCUT2D eigenvalue weighted by atomic mass is 10.1. The number of hydrogen-bond donors (Lipinski definition) is 2. The highest BCUT2D eigenvalue weighted by Gasteiger charge is 2.07. The molecule has 0 aliphatic rings. The van der Waals surface area contributed by atoms with Crippen LogP contribution in [-0.2, 0) is 11.3 Å². The predicted molar refractivity (Wildman–Crippen MR) is 79.3 cm³/mol. The maximum absolute atomic E-state index is 11.7. The highest BCUT2D eigenvalue weighted by atomic mass is 16.5. The quantitative estimate of drug-likeness (QED) is 0.755. The van der Waals surface area contributed by atoms with Gasteiger partial charge in [-0.15, -0.1) is 0 Å². The van der Waals surface area contributed by atoms with Crippen LogP contribution in [0.25, 0.3) is 10.9 Å². The van der Waals surface area contributed by atoms with E-state index in [1.165, 1.54) is 0 Å². The van der Waals surface area contributed by atoms with Gasteiger partial charge in [0.2, 0.25) is 5.56 Å². The number of aromatic nitrogens is 1. The summed E-state index contributed by atoms with van der Waals surface area (Å²) in [5, 5.41) is 4.32. The summed E-state index contributed by atoms with van der Waals surface area (Å²) in [6.07, 6.45) is 0.945. The minimum Gasteiger partial charge on any atom is -0.495 e. The average molecular weight is 276 g/mol. The smallest absolute Gasteiger partial charge is 0.248 e. The first-order valence-corrected chi connectivity index (χ1v) is 6.65. The largest absolute Gasteiger partial charge is 0.495 e. The van der Waals surface area contributed by atoms with Crippen molar-refractivity contribution in [2.75, 3.05) is 27.4 Å². The molecule has 1 heterocycles. The molecule has 0 saturated heterocycles. The van der Waals surface area contributed by atoms with Gasteiger partial charge in [-0.2, -0.15) is 0 Å². The molecule has 0 spiro atoms. The van der Waals surface area contributed by atoms with E-state index in [-0.39, 0.29) is 5.56 Å². The molecular formula is C15H20N2O3. The number of aromatic amines is 1. The number of rotatable bonds is 7. The van der Waals surface area contributed by atoms with Crippen molar-refractivity contribution < 1.29 is 9.47 Å². The summed E-state index contributed by atoms with van der Waals surface area (Å²) in [7, 11) is 3.29. The lowest BCUT2D eigenvalue weighted by Crippen LogP contribution is -2.18. The van der Waals surface area contributed by atoms with Gasteiger partial charge < -0.3 is 19.8 Å². The number of H-pyrrole nitrogens is 1. The molecule has 0 unspecified atom stereocenters. The maximum Gasteiger partial charge on any atom is 0.248 e. The molecule has 0 aliphatic carbocycles. The fourth-order valence-corrected chi connectivity index (χ4v) is 2.20. The minimum absolute atomic E-state index is 0.115. The molecule has 0 fully saturated rings. The fraction of sp³-hybridized carbons (Fsp3) is 0.400. The average Bonchev–Trinajstić information content (AvgIpc) is 2.46. The summed E-state index contributed by atoms with van der Waals surface area (Å²) in [4.78, 5) is 14.6. The zero-order chi connectivity index (χ0) is 14.4. The van der Waals surface area contributed by atoms with E-state index in [0.717, 1.165) is 36.0 Å². The number of para-hydroxylation sites is 1. The van der Waals surface area contributed by atoms with Gasteiger partial charge in [-0.25, -0.2) is 0 Å². The van der Waals surface area contributed by atoms with Crippen LogP contribution in [0, 0.1) is 0 Å². The highest BCUT2D eigenvalue weighted by molar-refractivity contribution is 5.87. The third-order valence-corrected chi connectivity index (χ3v) is 3.16. The van der Waals surface area contributed by atoms with Gasteiger partial charge in [0, 0.05) is 31.7 Å². The Hall–Kier alpha value is -1.85. The number of ether oxygens (including phenoxy) is 2. The van der Waals surface area contributed by atoms with Crippen molar-refractivity contribution in [2.45, 2.75) is 13.0 Å². The normalized spacial score (nSPS) is 10.9. The van der Waals surface area contributed by atoms with Crippen molar-refractivity contribution in [3.8, 4) is 5.75 Å². The van der Waals surface area contributed by atoms with Crippen LogP contribution in [0.1, 0.15) is 12.0 Å². The molecule has 5 nitrogen and oxygen atoms in total. The van der Waals surface area contributed by atoms with Gasteiger partial charge in [0.25, 0.3) is 0 Å². The van der Waals surface area contributed by atoms with Crippen molar-refractivity contribution in [1.82, 2.24) is 10.3 Å². The molecule has 2 N–H and O–H groups in total. The van der Waals surface area contributed by atoms with Gasteiger partial charge in [-0.3, -0.25) is 4.79 Å². The molecule has 20 heavy (non-hydrogen) atoms. The number of benzene rings is 1. The number of pyridine rings is 1. The third kappa shape index (κ3) is 3.37. The van der Waals surface area contributed by atoms with Crippen LogP contribution in [0.2, 0.25) is 0 Å². The van der Waals surface area contributed by atoms with Gasteiger partial charge in [0.15, 0.2) is 0 Å². The molecular weight excluding hydrogens is 256 g/mol. The number of fused-ring (bicyclic) bond motifs is 1. The van der Waals surface area contributed by atoms with Crippen molar-refractivity contribution in [2.24, 2.45) is 0 Å². The molecule has 0 radical (unpaired) electrons. The maximum atomic E-state index is 11.7. The molecule has 0 bridgehead atoms. The second kappa shape index (κ2) is 7.07. The van der Waals surface area contributed by atoms with E-state index in [2.05, 4.69) is 10.3 Å². The third-order valence-electron chi connectivity index (χ3n) is 3.16. The van der Waals surface area contributed by atoms with E-state index >= 15 is 0 Å². The highest BCUT2D eigenvalue weighted by Crippen LogP contribution is 2.24. The molecule has 108 valence electrons. The summed E-state index contributed by atoms with van der Waals surface area (Å²) in [6.45, 7) is 2.24. The minimum atomic E-state index is -0.115. The summed E-state index contributed by atoms with van der Waals surface area (Å²) >= 11 is 0. The van der Waals surface area contributed by atoms with Crippen molar-refractivity contribution in [3.63, 3.8) is 0 Å². The fourth-order valence-electron chi connectivity index (χ4n) is 2.20. The Morgan fingerprint density at radius 3 is 2.90 bits per heavy atom. The van der Waals surface area contributed by atoms with Crippen LogP contribution < -0.4 is 15.6 Å². The van der Waals surface area contributed by atoms with E-state index in [4.69, 9.17) is 9.47 Å². The van der Waals surface area contributed by atoms with Crippen LogP contribution in [-0.4, -0.2) is 32.4 Å². The summed E-state index contributed by atoms with van der Waals surface area (Å²) < 4.78 is 10.3. The second-order valence-electron chi connectivity index (χ2n) is 4.56. The Balaban J connectivity index is 2.22. The van der Waals surface area contributed by atoms with Gasteiger partial charge in [-0.05, 0) is 24.6 Å². The van der Waals surface area contributed by atoms with E-state index in [0.29, 0.717) is 12.3 Å². The molecule has 0 saturated carbocycles. The van der Waals surface area contributed by atoms with E-state index in [9.17, 15) is 4.79 Å². The van der Waals surface area contributed by atoms with Crippen LogP contribution in [0.15, 0.2) is 29.1 Å². The predicted octanol–water partition coefficient (Wildman–Crippen LogP) is 1.66. The first-order valence-electron chi connectivity index (χ1n) is 6.65. The van der Waals surface area contributed by atoms with Gasteiger partial charge >= 0.3 is 0 Å². The lowest BCUT2D eigenvalue weighted by Gasteiger charge is -2.10. The Morgan fingerprint density at radius 1 is 1.30 bits per heavy atom. The first kappa shape index (κ1) is 14.6. The second-order valence-corrected chi connectivity index (χ2v) is 4.56. The molecule has 5 heteroatoms. The van der Waals surface area contributed by atoms with Crippen molar-refractivity contribution in [1.29, 1.82) is 0 Å². The molecule has 0 amide bonds. The van der Waals surface area contributed by atoms with E-state index in [1.54, 1.807) is 20.3 Å². The number of hydrogen-bond acceptors (Lipinski definition) is 4. The van der Waals surface area contributed by atoms with Crippen LogP contribution in [0.3, 0.4) is 0 Å². The molecule has 0 aliphatic heterocycles. The standard InChI is InChI=1S/C15H20N2O3/c1-19-8-4-7-16-10-11-9-14(18)17-15-12(11)5-3-6-13(15)20-2/h3,5-6,9,16H,4,7-8,10H2,1-2H3,(H,17,18). The molecule has 2 aromatic rings. The SMILES string of the molecule is COCCCNCc1cc(=O)[nH]c2c(OC)cccc12. The molecule has 1 aromatic carbocycles. The lowest BCUT2D eigenvalue weighted by molar-refractivity contribution is 0.194. The van der Waals surface area contributed by atoms with Crippen molar-refractivity contribution >= 4 is 10.9 Å².